The second kappa shape index (κ2) is 6.64. The highest BCUT2D eigenvalue weighted by Gasteiger charge is 2.20. The number of unbranched alkanes of at least 4 members (excludes halogenated alkanes) is 1. The summed E-state index contributed by atoms with van der Waals surface area (Å²) in [4.78, 5) is 5.26. The minimum atomic E-state index is -0.151. The van der Waals surface area contributed by atoms with Crippen LogP contribution in [0.15, 0.2) is 29.4 Å². The third-order valence-electron chi connectivity index (χ3n) is 2.84. The number of amidine groups is 1. The Morgan fingerprint density at radius 2 is 2.00 bits per heavy atom. The predicted molar refractivity (Wildman–Crippen MR) is 74.5 cm³/mol. The summed E-state index contributed by atoms with van der Waals surface area (Å²) in [6, 6.07) is 4.06. The number of nitrogens with zero attached hydrogens (tertiary/aromatic N) is 1. The van der Waals surface area contributed by atoms with Gasteiger partial charge in [0.2, 0.25) is 0 Å². The molecule has 3 N–H and O–H groups in total. The van der Waals surface area contributed by atoms with E-state index in [1.54, 1.807) is 0 Å². The van der Waals surface area contributed by atoms with E-state index >= 15 is 0 Å². The molecule has 1 aromatic rings. The Morgan fingerprint density at radius 1 is 1.35 bits per heavy atom. The number of hydrogen-bond acceptors (Lipinski definition) is 3. The second-order valence-corrected chi connectivity index (χ2v) is 5.95. The molecular formula is C13H21N3S. The van der Waals surface area contributed by atoms with E-state index in [9.17, 15) is 0 Å². The summed E-state index contributed by atoms with van der Waals surface area (Å²) in [6.45, 7) is 4.07. The summed E-state index contributed by atoms with van der Waals surface area (Å²) in [5.41, 5.74) is 5.40. The summed E-state index contributed by atoms with van der Waals surface area (Å²) in [6.07, 6.45) is 6.90. The van der Waals surface area contributed by atoms with Gasteiger partial charge in [-0.15, -0.1) is 11.8 Å². The average molecular weight is 251 g/mol. The molecular weight excluding hydrogens is 230 g/mol. The van der Waals surface area contributed by atoms with Crippen molar-refractivity contribution < 1.29 is 0 Å². The van der Waals surface area contributed by atoms with Gasteiger partial charge in [0.05, 0.1) is 5.84 Å². The maximum absolute atomic E-state index is 7.48. The largest absolute Gasteiger partial charge is 0.387 e. The molecule has 0 amide bonds. The molecule has 94 valence electrons. The van der Waals surface area contributed by atoms with Crippen LogP contribution in [0.2, 0.25) is 0 Å². The quantitative estimate of drug-likeness (QED) is 0.338. The number of nitrogens with two attached hydrogens (primary N) is 1. The first-order valence-corrected chi connectivity index (χ1v) is 6.88. The monoisotopic (exact) mass is 251 g/mol. The Morgan fingerprint density at radius 3 is 2.59 bits per heavy atom. The fourth-order valence-corrected chi connectivity index (χ4v) is 2.33. The molecule has 4 heteroatoms. The molecule has 0 aromatic carbocycles. The minimum Gasteiger partial charge on any atom is -0.387 e. The molecule has 0 aliphatic carbocycles. The van der Waals surface area contributed by atoms with Crippen molar-refractivity contribution in [3.8, 4) is 0 Å². The van der Waals surface area contributed by atoms with E-state index in [2.05, 4.69) is 4.98 Å². The van der Waals surface area contributed by atoms with Crippen molar-refractivity contribution in [2.45, 2.75) is 38.0 Å². The van der Waals surface area contributed by atoms with Crippen molar-refractivity contribution in [1.82, 2.24) is 4.98 Å². The lowest BCUT2D eigenvalue weighted by Gasteiger charge is -2.22. The topological polar surface area (TPSA) is 62.8 Å². The smallest absolute Gasteiger partial charge is 0.0963 e. The molecule has 0 saturated heterocycles. The molecule has 0 bridgehead atoms. The molecule has 0 radical (unpaired) electrons. The number of nitrogens with one attached hydrogen (secondary N) is 1. The zero-order valence-corrected chi connectivity index (χ0v) is 11.4. The molecule has 1 heterocycles. The Bertz CT molecular complexity index is 349. The van der Waals surface area contributed by atoms with E-state index in [0.29, 0.717) is 5.84 Å². The molecule has 0 spiro atoms. The van der Waals surface area contributed by atoms with Gasteiger partial charge in [-0.3, -0.25) is 10.4 Å². The van der Waals surface area contributed by atoms with Crippen LogP contribution in [0.4, 0.5) is 0 Å². The van der Waals surface area contributed by atoms with Gasteiger partial charge >= 0.3 is 0 Å². The van der Waals surface area contributed by atoms with Crippen LogP contribution in [0.5, 0.6) is 0 Å². The van der Waals surface area contributed by atoms with Gasteiger partial charge in [0.25, 0.3) is 0 Å². The molecule has 0 aliphatic heterocycles. The number of hydrogen-bond donors (Lipinski definition) is 2. The fourth-order valence-electron chi connectivity index (χ4n) is 1.43. The van der Waals surface area contributed by atoms with E-state index in [4.69, 9.17) is 11.1 Å². The Balaban J connectivity index is 2.15. The van der Waals surface area contributed by atoms with Gasteiger partial charge in [-0.2, -0.15) is 0 Å². The molecule has 0 aliphatic rings. The highest BCUT2D eigenvalue weighted by Crippen LogP contribution is 2.24. The summed E-state index contributed by atoms with van der Waals surface area (Å²) in [7, 11) is 0. The van der Waals surface area contributed by atoms with Crippen molar-refractivity contribution in [3.63, 3.8) is 0 Å². The van der Waals surface area contributed by atoms with Crippen LogP contribution in [-0.2, 0) is 0 Å². The summed E-state index contributed by atoms with van der Waals surface area (Å²) < 4.78 is 0. The van der Waals surface area contributed by atoms with Crippen LogP contribution >= 0.6 is 11.8 Å². The zero-order chi connectivity index (χ0) is 12.7. The summed E-state index contributed by atoms with van der Waals surface area (Å²) in [5, 5.41) is 7.48. The third-order valence-corrected chi connectivity index (χ3v) is 3.94. The van der Waals surface area contributed by atoms with Gasteiger partial charge in [0.1, 0.15) is 0 Å². The summed E-state index contributed by atoms with van der Waals surface area (Å²) >= 11 is 1.85. The van der Waals surface area contributed by atoms with Gasteiger partial charge in [0, 0.05) is 22.7 Å². The molecule has 17 heavy (non-hydrogen) atoms. The molecule has 3 nitrogen and oxygen atoms in total. The third kappa shape index (κ3) is 5.22. The SMILES string of the molecule is CC(C)(CCCCSc1ccncc1)C(=N)N. The van der Waals surface area contributed by atoms with E-state index in [1.165, 1.54) is 4.90 Å². The van der Waals surface area contributed by atoms with Gasteiger partial charge in [-0.05, 0) is 30.7 Å². The van der Waals surface area contributed by atoms with Crippen LogP contribution in [0.3, 0.4) is 0 Å². The number of rotatable bonds is 7. The van der Waals surface area contributed by atoms with Crippen molar-refractivity contribution in [3.05, 3.63) is 24.5 Å². The van der Waals surface area contributed by atoms with E-state index in [0.717, 1.165) is 25.0 Å². The Kier molecular flexibility index (Phi) is 5.48. The van der Waals surface area contributed by atoms with Gasteiger partial charge in [-0.25, -0.2) is 0 Å². The van der Waals surface area contributed by atoms with Crippen LogP contribution in [0.1, 0.15) is 33.1 Å². The maximum Gasteiger partial charge on any atom is 0.0963 e. The zero-order valence-electron chi connectivity index (χ0n) is 10.6. The minimum absolute atomic E-state index is 0.151. The molecule has 0 saturated carbocycles. The predicted octanol–water partition coefficient (Wildman–Crippen LogP) is 3.31. The summed E-state index contributed by atoms with van der Waals surface area (Å²) in [5.74, 6) is 1.40. The van der Waals surface area contributed by atoms with Gasteiger partial charge in [-0.1, -0.05) is 20.3 Å². The Labute approximate surface area is 108 Å². The van der Waals surface area contributed by atoms with Crippen LogP contribution in [0, 0.1) is 10.8 Å². The normalized spacial score (nSPS) is 11.4. The Hall–Kier alpha value is -1.03. The van der Waals surface area contributed by atoms with E-state index < -0.39 is 0 Å². The van der Waals surface area contributed by atoms with Crippen molar-refractivity contribution in [2.75, 3.05) is 5.75 Å². The van der Waals surface area contributed by atoms with Crippen molar-refractivity contribution in [1.29, 1.82) is 5.41 Å². The van der Waals surface area contributed by atoms with Gasteiger partial charge < -0.3 is 5.73 Å². The van der Waals surface area contributed by atoms with Crippen molar-refractivity contribution >= 4 is 17.6 Å². The highest BCUT2D eigenvalue weighted by atomic mass is 32.2. The van der Waals surface area contributed by atoms with Crippen molar-refractivity contribution in [2.24, 2.45) is 11.1 Å². The molecule has 0 atom stereocenters. The second-order valence-electron chi connectivity index (χ2n) is 4.79. The maximum atomic E-state index is 7.48. The van der Waals surface area contributed by atoms with E-state index in [-0.39, 0.29) is 5.41 Å². The average Bonchev–Trinajstić information content (AvgIpc) is 2.29. The highest BCUT2D eigenvalue weighted by molar-refractivity contribution is 7.99. The standard InChI is InChI=1S/C13H21N3S/c1-13(2,12(14)15)7-3-4-10-17-11-5-8-16-9-6-11/h5-6,8-9H,3-4,7,10H2,1-2H3,(H3,14,15). The fraction of sp³-hybridized carbons (Fsp3) is 0.538. The van der Waals surface area contributed by atoms with Crippen LogP contribution < -0.4 is 5.73 Å². The first-order chi connectivity index (χ1) is 8.02. The lowest BCUT2D eigenvalue weighted by molar-refractivity contribution is 0.448. The van der Waals surface area contributed by atoms with E-state index in [1.807, 2.05) is 50.1 Å². The lowest BCUT2D eigenvalue weighted by Crippen LogP contribution is -2.30. The van der Waals surface area contributed by atoms with Crippen LogP contribution in [0.25, 0.3) is 0 Å². The molecule has 1 rings (SSSR count). The molecule has 0 fully saturated rings. The number of thioether (sulfide) groups is 1. The first kappa shape index (κ1) is 14.0. The number of aromatic nitrogens is 1. The van der Waals surface area contributed by atoms with Gasteiger partial charge in [0.15, 0.2) is 0 Å². The molecule has 0 unspecified atom stereocenters. The van der Waals surface area contributed by atoms with Crippen LogP contribution in [-0.4, -0.2) is 16.6 Å². The number of pyridine rings is 1. The molecule has 1 aromatic heterocycles. The first-order valence-electron chi connectivity index (χ1n) is 5.90. The lowest BCUT2D eigenvalue weighted by atomic mass is 9.86.